The normalized spacial score (nSPS) is 14.3. The number of hydrogen-bond acceptors (Lipinski definition) is 4. The van der Waals surface area contributed by atoms with E-state index in [1.54, 1.807) is 0 Å². The summed E-state index contributed by atoms with van der Waals surface area (Å²) in [4.78, 5) is 13.4. The highest BCUT2D eigenvalue weighted by Crippen LogP contribution is 2.36. The number of benzene rings is 3. The number of fused-ring (bicyclic) bond motifs is 1. The van der Waals surface area contributed by atoms with E-state index in [0.717, 1.165) is 33.6 Å². The minimum atomic E-state index is -0.254. The maximum atomic E-state index is 13.4. The molecule has 1 aliphatic rings. The van der Waals surface area contributed by atoms with Gasteiger partial charge in [0.25, 0.3) is 5.91 Å². The predicted octanol–water partition coefficient (Wildman–Crippen LogP) is 8.35. The average molecular weight is 472 g/mol. The second-order valence-electron chi connectivity index (χ2n) is 8.84. The number of nitrogens with one attached hydrogen (secondary N) is 1. The van der Waals surface area contributed by atoms with Crippen molar-refractivity contribution in [3.8, 4) is 11.5 Å². The van der Waals surface area contributed by atoms with Crippen molar-refractivity contribution in [2.75, 3.05) is 5.32 Å². The first-order valence-electron chi connectivity index (χ1n) is 11.9. The molecule has 3 aromatic carbocycles. The van der Waals surface area contributed by atoms with Crippen LogP contribution in [0.5, 0.6) is 11.5 Å². The van der Waals surface area contributed by atoms with Crippen molar-refractivity contribution in [2.24, 2.45) is 0 Å². The SMILES string of the molecule is Cc1ccc(Oc2ccccc2NC(=O)c2oc3ccccc3c2CSC2CCCCC2)cc1. The molecule has 1 aliphatic carbocycles. The van der Waals surface area contributed by atoms with Gasteiger partial charge in [-0.3, -0.25) is 4.79 Å². The van der Waals surface area contributed by atoms with E-state index in [0.29, 0.717) is 22.4 Å². The molecule has 1 N–H and O–H groups in total. The quantitative estimate of drug-likeness (QED) is 0.294. The Morgan fingerprint density at radius 1 is 0.971 bits per heavy atom. The Hall–Kier alpha value is -3.18. The van der Waals surface area contributed by atoms with Crippen molar-refractivity contribution in [2.45, 2.75) is 50.0 Å². The first kappa shape index (κ1) is 22.6. The third-order valence-corrected chi connectivity index (χ3v) is 7.70. The monoisotopic (exact) mass is 471 g/mol. The molecule has 1 saturated carbocycles. The van der Waals surface area contributed by atoms with Crippen LogP contribution in [0.4, 0.5) is 5.69 Å². The van der Waals surface area contributed by atoms with Gasteiger partial charge in [0.2, 0.25) is 0 Å². The van der Waals surface area contributed by atoms with Crippen LogP contribution < -0.4 is 10.1 Å². The first-order valence-corrected chi connectivity index (χ1v) is 13.0. The van der Waals surface area contributed by atoms with Crippen LogP contribution in [0.15, 0.2) is 77.2 Å². The van der Waals surface area contributed by atoms with Crippen molar-refractivity contribution >= 4 is 34.3 Å². The number of carbonyl (C=O) groups excluding carboxylic acids is 1. The van der Waals surface area contributed by atoms with E-state index in [1.165, 1.54) is 32.1 Å². The summed E-state index contributed by atoms with van der Waals surface area (Å²) < 4.78 is 12.1. The highest BCUT2D eigenvalue weighted by atomic mass is 32.2. The summed E-state index contributed by atoms with van der Waals surface area (Å²) in [6.45, 7) is 2.04. The Kier molecular flexibility index (Phi) is 6.91. The van der Waals surface area contributed by atoms with Crippen LogP contribution in [0.2, 0.25) is 0 Å². The minimum absolute atomic E-state index is 0.254. The highest BCUT2D eigenvalue weighted by Gasteiger charge is 2.23. The molecular weight excluding hydrogens is 442 g/mol. The average Bonchev–Trinajstić information content (AvgIpc) is 3.25. The summed E-state index contributed by atoms with van der Waals surface area (Å²) in [6.07, 6.45) is 6.45. The number of hydrogen-bond donors (Lipinski definition) is 1. The summed E-state index contributed by atoms with van der Waals surface area (Å²) in [7, 11) is 0. The highest BCUT2D eigenvalue weighted by molar-refractivity contribution is 7.99. The smallest absolute Gasteiger partial charge is 0.291 e. The standard InChI is InChI=1S/C29H29NO3S/c1-20-15-17-21(18-16-20)32-27-14-8-6-12-25(27)30-29(31)28-24(19-34-22-9-3-2-4-10-22)23-11-5-7-13-26(23)33-28/h5-8,11-18,22H,2-4,9-10,19H2,1H3,(H,30,31). The summed E-state index contributed by atoms with van der Waals surface area (Å²) in [5, 5.41) is 4.70. The van der Waals surface area contributed by atoms with Crippen LogP contribution in [0, 0.1) is 6.92 Å². The lowest BCUT2D eigenvalue weighted by Gasteiger charge is -2.20. The molecule has 0 radical (unpaired) electrons. The van der Waals surface area contributed by atoms with Crippen LogP contribution in [0.25, 0.3) is 11.0 Å². The summed E-state index contributed by atoms with van der Waals surface area (Å²) in [6, 6.07) is 23.2. The third-order valence-electron chi connectivity index (χ3n) is 6.30. The van der Waals surface area contributed by atoms with Gasteiger partial charge in [0.15, 0.2) is 11.5 Å². The van der Waals surface area contributed by atoms with Gasteiger partial charge in [0, 0.05) is 22.0 Å². The van der Waals surface area contributed by atoms with Crippen molar-refractivity contribution in [3.63, 3.8) is 0 Å². The molecule has 0 saturated heterocycles. The molecule has 4 aromatic rings. The van der Waals surface area contributed by atoms with Gasteiger partial charge in [-0.25, -0.2) is 0 Å². The molecule has 34 heavy (non-hydrogen) atoms. The van der Waals surface area contributed by atoms with Crippen molar-refractivity contribution in [1.29, 1.82) is 0 Å². The number of thioether (sulfide) groups is 1. The van der Waals surface area contributed by atoms with Crippen molar-refractivity contribution in [3.05, 3.63) is 89.7 Å². The lowest BCUT2D eigenvalue weighted by molar-refractivity contribution is 0.0997. The van der Waals surface area contributed by atoms with Gasteiger partial charge in [0.05, 0.1) is 5.69 Å². The molecule has 174 valence electrons. The second kappa shape index (κ2) is 10.4. The number of amides is 1. The van der Waals surface area contributed by atoms with E-state index >= 15 is 0 Å². The van der Waals surface area contributed by atoms with Gasteiger partial charge in [-0.1, -0.05) is 67.3 Å². The van der Waals surface area contributed by atoms with Gasteiger partial charge in [-0.15, -0.1) is 0 Å². The summed E-state index contributed by atoms with van der Waals surface area (Å²) >= 11 is 1.95. The van der Waals surface area contributed by atoms with Crippen LogP contribution in [0.3, 0.4) is 0 Å². The number of rotatable bonds is 7. The number of ether oxygens (including phenoxy) is 1. The van der Waals surface area contributed by atoms with Crippen molar-refractivity contribution in [1.82, 2.24) is 0 Å². The largest absolute Gasteiger partial charge is 0.455 e. The van der Waals surface area contributed by atoms with Crippen LogP contribution in [0.1, 0.15) is 53.8 Å². The number of anilines is 1. The predicted molar refractivity (Wildman–Crippen MR) is 140 cm³/mol. The molecule has 5 heteroatoms. The Labute approximate surface area is 204 Å². The molecule has 1 fully saturated rings. The van der Waals surface area contributed by atoms with E-state index in [9.17, 15) is 4.79 Å². The van der Waals surface area contributed by atoms with Gasteiger partial charge in [0.1, 0.15) is 11.3 Å². The van der Waals surface area contributed by atoms with Crippen molar-refractivity contribution < 1.29 is 13.9 Å². The lowest BCUT2D eigenvalue weighted by atomic mass is 10.0. The van der Waals surface area contributed by atoms with Crippen LogP contribution in [-0.4, -0.2) is 11.2 Å². The Bertz CT molecular complexity index is 1270. The molecule has 1 amide bonds. The number of furan rings is 1. The molecule has 0 unspecified atom stereocenters. The zero-order valence-corrected chi connectivity index (χ0v) is 20.2. The lowest BCUT2D eigenvalue weighted by Crippen LogP contribution is -2.14. The first-order chi connectivity index (χ1) is 16.7. The molecule has 0 bridgehead atoms. The molecule has 1 aromatic heterocycles. The fourth-order valence-corrected chi connectivity index (χ4v) is 5.79. The van der Waals surface area contributed by atoms with E-state index < -0.39 is 0 Å². The molecular formula is C29H29NO3S. The molecule has 0 spiro atoms. The van der Waals surface area contributed by atoms with Crippen LogP contribution >= 0.6 is 11.8 Å². The number of para-hydroxylation sites is 3. The van der Waals surface area contributed by atoms with Gasteiger partial charge >= 0.3 is 0 Å². The van der Waals surface area contributed by atoms with Crippen LogP contribution in [-0.2, 0) is 5.75 Å². The fraction of sp³-hybridized carbons (Fsp3) is 0.276. The van der Waals surface area contributed by atoms with Gasteiger partial charge < -0.3 is 14.5 Å². The van der Waals surface area contributed by atoms with Gasteiger partial charge in [-0.2, -0.15) is 11.8 Å². The second-order valence-corrected chi connectivity index (χ2v) is 10.1. The minimum Gasteiger partial charge on any atom is -0.455 e. The maximum Gasteiger partial charge on any atom is 0.291 e. The topological polar surface area (TPSA) is 51.5 Å². The van der Waals surface area contributed by atoms with E-state index in [2.05, 4.69) is 5.32 Å². The Balaban J connectivity index is 1.39. The maximum absolute atomic E-state index is 13.4. The van der Waals surface area contributed by atoms with E-state index in [4.69, 9.17) is 9.15 Å². The Morgan fingerprint density at radius 2 is 1.71 bits per heavy atom. The number of aryl methyl sites for hydroxylation is 1. The van der Waals surface area contributed by atoms with E-state index in [1.807, 2.05) is 91.5 Å². The molecule has 0 atom stereocenters. The third kappa shape index (κ3) is 5.15. The van der Waals surface area contributed by atoms with Gasteiger partial charge in [-0.05, 0) is 50.1 Å². The molecule has 1 heterocycles. The molecule has 0 aliphatic heterocycles. The molecule has 5 rings (SSSR count). The molecule has 4 nitrogen and oxygen atoms in total. The Morgan fingerprint density at radius 3 is 2.53 bits per heavy atom. The summed E-state index contributed by atoms with van der Waals surface area (Å²) in [5.74, 6) is 2.21. The zero-order chi connectivity index (χ0) is 23.3. The van der Waals surface area contributed by atoms with E-state index in [-0.39, 0.29) is 5.91 Å². The summed E-state index contributed by atoms with van der Waals surface area (Å²) in [5.41, 5.74) is 3.49. The fourth-order valence-electron chi connectivity index (χ4n) is 4.43. The number of carbonyl (C=O) groups is 1. The zero-order valence-electron chi connectivity index (χ0n) is 19.4.